The Morgan fingerprint density at radius 2 is 2.12 bits per heavy atom. The van der Waals surface area contributed by atoms with E-state index in [4.69, 9.17) is 11.6 Å². The monoisotopic (exact) mass is 266 g/mol. The number of sulfonamides is 1. The number of rotatable bonds is 3. The molecule has 2 rings (SSSR count). The Kier molecular flexibility index (Phi) is 3.79. The fourth-order valence-electron chi connectivity index (χ4n) is 2.53. The number of alkyl halides is 1. The van der Waals surface area contributed by atoms with Gasteiger partial charge in [0.2, 0.25) is 10.0 Å². The minimum Gasteiger partial charge on any atom is -0.298 e. The Balaban J connectivity index is 2.06. The Morgan fingerprint density at radius 3 is 2.81 bits per heavy atom. The van der Waals surface area contributed by atoms with Crippen LogP contribution >= 0.6 is 11.6 Å². The average molecular weight is 267 g/mol. The van der Waals surface area contributed by atoms with Gasteiger partial charge in [0.05, 0.1) is 5.25 Å². The van der Waals surface area contributed by atoms with Gasteiger partial charge in [-0.25, -0.2) is 8.42 Å². The lowest BCUT2D eigenvalue weighted by molar-refractivity contribution is 0.157. The van der Waals surface area contributed by atoms with Crippen molar-refractivity contribution in [2.75, 3.05) is 32.1 Å². The van der Waals surface area contributed by atoms with Gasteiger partial charge in [-0.05, 0) is 26.3 Å². The normalized spacial score (nSPS) is 30.2. The Bertz CT molecular complexity index is 347. The van der Waals surface area contributed by atoms with E-state index in [1.54, 1.807) is 11.2 Å². The third-order valence-electron chi connectivity index (χ3n) is 3.64. The van der Waals surface area contributed by atoms with Crippen molar-refractivity contribution in [3.8, 4) is 0 Å². The van der Waals surface area contributed by atoms with E-state index >= 15 is 0 Å². The van der Waals surface area contributed by atoms with Gasteiger partial charge in [0.15, 0.2) is 0 Å². The van der Waals surface area contributed by atoms with Crippen molar-refractivity contribution in [3.05, 3.63) is 0 Å². The molecule has 2 unspecified atom stereocenters. The van der Waals surface area contributed by atoms with Crippen LogP contribution in [-0.2, 0) is 10.0 Å². The summed E-state index contributed by atoms with van der Waals surface area (Å²) in [5, 5.41) is -0.470. The van der Waals surface area contributed by atoms with Crippen LogP contribution < -0.4 is 0 Å². The molecule has 2 saturated heterocycles. The van der Waals surface area contributed by atoms with Crippen molar-refractivity contribution in [2.24, 2.45) is 0 Å². The Labute approximate surface area is 103 Å². The molecule has 94 valence electrons. The second-order valence-corrected chi connectivity index (χ2v) is 7.36. The summed E-state index contributed by atoms with van der Waals surface area (Å²) in [6.45, 7) is 4.97. The first-order valence-corrected chi connectivity index (χ1v) is 7.88. The molecule has 2 atom stereocenters. The molecule has 0 spiro atoms. The van der Waals surface area contributed by atoms with Crippen molar-refractivity contribution in [1.82, 2.24) is 9.21 Å². The predicted molar refractivity (Wildman–Crippen MR) is 65.3 cm³/mol. The molecule has 0 N–H and O–H groups in total. The van der Waals surface area contributed by atoms with Crippen molar-refractivity contribution < 1.29 is 8.42 Å². The summed E-state index contributed by atoms with van der Waals surface area (Å²) in [6, 6.07) is 0.436. The summed E-state index contributed by atoms with van der Waals surface area (Å²) in [7, 11) is -3.18. The van der Waals surface area contributed by atoms with Crippen molar-refractivity contribution in [1.29, 1.82) is 0 Å². The Hall–Kier alpha value is 0.160. The number of halogens is 1. The lowest BCUT2D eigenvalue weighted by Crippen LogP contribution is -2.53. The van der Waals surface area contributed by atoms with Crippen LogP contribution in [-0.4, -0.2) is 61.0 Å². The van der Waals surface area contributed by atoms with E-state index in [1.807, 2.05) is 0 Å². The van der Waals surface area contributed by atoms with Crippen LogP contribution in [0.3, 0.4) is 0 Å². The molecule has 2 heterocycles. The predicted octanol–water partition coefficient (Wildman–Crippen LogP) is 0.724. The summed E-state index contributed by atoms with van der Waals surface area (Å²) in [5.74, 6) is 0.174. The van der Waals surface area contributed by atoms with Gasteiger partial charge in [-0.2, -0.15) is 4.31 Å². The van der Waals surface area contributed by atoms with E-state index in [-0.39, 0.29) is 5.88 Å². The minimum atomic E-state index is -3.18. The molecule has 6 heteroatoms. The van der Waals surface area contributed by atoms with E-state index in [0.29, 0.717) is 19.1 Å². The van der Waals surface area contributed by atoms with E-state index in [2.05, 4.69) is 4.90 Å². The SMILES string of the molecule is CC(CCl)S(=O)(=O)N1CCN2CCCC2C1. The van der Waals surface area contributed by atoms with E-state index in [1.165, 1.54) is 6.42 Å². The van der Waals surface area contributed by atoms with Crippen molar-refractivity contribution in [3.63, 3.8) is 0 Å². The molecule has 2 fully saturated rings. The first kappa shape index (κ1) is 12.6. The molecule has 0 aromatic heterocycles. The lowest BCUT2D eigenvalue weighted by atomic mass is 10.2. The summed E-state index contributed by atoms with van der Waals surface area (Å²) in [5.41, 5.74) is 0. The van der Waals surface area contributed by atoms with Crippen LogP contribution in [0.5, 0.6) is 0 Å². The van der Waals surface area contributed by atoms with Crippen LogP contribution in [0, 0.1) is 0 Å². The highest BCUT2D eigenvalue weighted by Gasteiger charge is 2.37. The smallest absolute Gasteiger partial charge is 0.217 e. The topological polar surface area (TPSA) is 40.6 Å². The summed E-state index contributed by atoms with van der Waals surface area (Å²) < 4.78 is 25.9. The average Bonchev–Trinajstić information content (AvgIpc) is 2.74. The van der Waals surface area contributed by atoms with Gasteiger partial charge in [0.25, 0.3) is 0 Å². The summed E-state index contributed by atoms with van der Waals surface area (Å²) in [4.78, 5) is 2.40. The fourth-order valence-corrected chi connectivity index (χ4v) is 4.39. The van der Waals surface area contributed by atoms with E-state index in [0.717, 1.165) is 19.5 Å². The molecule has 2 aliphatic rings. The van der Waals surface area contributed by atoms with E-state index < -0.39 is 15.3 Å². The summed E-state index contributed by atoms with van der Waals surface area (Å²) in [6.07, 6.45) is 2.32. The largest absolute Gasteiger partial charge is 0.298 e. The minimum absolute atomic E-state index is 0.174. The van der Waals surface area contributed by atoms with Crippen LogP contribution in [0.1, 0.15) is 19.8 Å². The first-order valence-electron chi connectivity index (χ1n) is 5.84. The molecule has 0 amide bonds. The van der Waals surface area contributed by atoms with Crippen molar-refractivity contribution in [2.45, 2.75) is 31.1 Å². The van der Waals surface area contributed by atoms with Gasteiger partial charge in [0.1, 0.15) is 0 Å². The number of nitrogens with zero attached hydrogens (tertiary/aromatic N) is 2. The maximum atomic E-state index is 12.1. The first-order chi connectivity index (χ1) is 7.55. The number of hydrogen-bond acceptors (Lipinski definition) is 3. The van der Waals surface area contributed by atoms with Gasteiger partial charge >= 0.3 is 0 Å². The summed E-state index contributed by atoms with van der Waals surface area (Å²) >= 11 is 5.65. The fraction of sp³-hybridized carbons (Fsp3) is 1.00. The zero-order chi connectivity index (χ0) is 11.8. The highest BCUT2D eigenvalue weighted by molar-refractivity contribution is 7.89. The molecule has 0 aromatic carbocycles. The molecule has 16 heavy (non-hydrogen) atoms. The van der Waals surface area contributed by atoms with E-state index in [9.17, 15) is 8.42 Å². The number of hydrogen-bond donors (Lipinski definition) is 0. The highest BCUT2D eigenvalue weighted by Crippen LogP contribution is 2.24. The third kappa shape index (κ3) is 2.23. The molecule has 4 nitrogen and oxygen atoms in total. The Morgan fingerprint density at radius 1 is 1.38 bits per heavy atom. The van der Waals surface area contributed by atoms with Crippen LogP contribution in [0.25, 0.3) is 0 Å². The molecule has 0 saturated carbocycles. The molecule has 2 aliphatic heterocycles. The quantitative estimate of drug-likeness (QED) is 0.707. The second kappa shape index (κ2) is 4.80. The molecular weight excluding hydrogens is 248 g/mol. The molecule has 0 bridgehead atoms. The van der Waals surface area contributed by atoms with Gasteiger partial charge in [-0.3, -0.25) is 4.90 Å². The highest BCUT2D eigenvalue weighted by atomic mass is 35.5. The molecule has 0 aliphatic carbocycles. The number of piperazine rings is 1. The number of fused-ring (bicyclic) bond motifs is 1. The molecule has 0 aromatic rings. The zero-order valence-electron chi connectivity index (χ0n) is 9.60. The standard InChI is InChI=1S/C10H19ClN2O2S/c1-9(7-11)16(14,15)13-6-5-12-4-2-3-10(12)8-13/h9-10H,2-8H2,1H3. The molecule has 0 radical (unpaired) electrons. The second-order valence-electron chi connectivity index (χ2n) is 4.70. The third-order valence-corrected chi connectivity index (χ3v) is 6.52. The van der Waals surface area contributed by atoms with Gasteiger partial charge in [-0.15, -0.1) is 11.6 Å². The van der Waals surface area contributed by atoms with Crippen LogP contribution in [0.2, 0.25) is 0 Å². The van der Waals surface area contributed by atoms with Crippen molar-refractivity contribution >= 4 is 21.6 Å². The zero-order valence-corrected chi connectivity index (χ0v) is 11.2. The van der Waals surface area contributed by atoms with Crippen LogP contribution in [0.15, 0.2) is 0 Å². The lowest BCUT2D eigenvalue weighted by Gasteiger charge is -2.37. The van der Waals surface area contributed by atoms with Crippen LogP contribution in [0.4, 0.5) is 0 Å². The molecular formula is C10H19ClN2O2S. The van der Waals surface area contributed by atoms with Gasteiger partial charge in [-0.1, -0.05) is 0 Å². The van der Waals surface area contributed by atoms with Gasteiger partial charge < -0.3 is 0 Å². The van der Waals surface area contributed by atoms with Gasteiger partial charge in [0, 0.05) is 31.6 Å². The maximum absolute atomic E-state index is 12.1. The maximum Gasteiger partial charge on any atom is 0.217 e.